The number of hydrogen-bond donors (Lipinski definition) is 1. The summed E-state index contributed by atoms with van der Waals surface area (Å²) in [5.74, 6) is -1.07. The third kappa shape index (κ3) is 4.80. The molecule has 2 aromatic rings. The molecule has 1 N–H and O–H groups in total. The van der Waals surface area contributed by atoms with Crippen LogP contribution < -0.4 is 5.32 Å². The minimum absolute atomic E-state index is 0.0480. The van der Waals surface area contributed by atoms with Gasteiger partial charge in [0.05, 0.1) is 12.0 Å². The number of nitro groups is 1. The molecular weight excluding hydrogens is 347 g/mol. The monoisotopic (exact) mass is 362 g/mol. The van der Waals surface area contributed by atoms with Crippen LogP contribution in [0, 0.1) is 15.9 Å². The number of esters is 1. The van der Waals surface area contributed by atoms with Crippen LogP contribution in [0.15, 0.2) is 48.5 Å². The Labute approximate surface area is 148 Å². The summed E-state index contributed by atoms with van der Waals surface area (Å²) in [6.45, 7) is 0. The maximum absolute atomic E-state index is 13.8. The molecule has 0 bridgehead atoms. The maximum atomic E-state index is 13.8. The van der Waals surface area contributed by atoms with E-state index in [-0.39, 0.29) is 22.7 Å². The Balaban J connectivity index is 2.16. The molecule has 0 saturated carbocycles. The number of halogens is 1. The molecule has 0 saturated heterocycles. The Morgan fingerprint density at radius 2 is 1.92 bits per heavy atom. The van der Waals surface area contributed by atoms with Gasteiger partial charge in [0, 0.05) is 24.1 Å². The molecule has 1 atom stereocenters. The molecule has 0 spiro atoms. The lowest BCUT2D eigenvalue weighted by atomic mass is 10.0. The quantitative estimate of drug-likeness (QED) is 0.368. The third-order valence-corrected chi connectivity index (χ3v) is 3.83. The summed E-state index contributed by atoms with van der Waals surface area (Å²) >= 11 is 5.17. The van der Waals surface area contributed by atoms with Gasteiger partial charge in [0.25, 0.3) is 5.69 Å². The second kappa shape index (κ2) is 8.29. The number of nitrogens with one attached hydrogen (secondary N) is 1. The molecule has 0 unspecified atom stereocenters. The van der Waals surface area contributed by atoms with Crippen LogP contribution in [-0.2, 0) is 16.0 Å². The Kier molecular flexibility index (Phi) is 6.13. The van der Waals surface area contributed by atoms with Crippen molar-refractivity contribution >= 4 is 28.9 Å². The summed E-state index contributed by atoms with van der Waals surface area (Å²) < 4.78 is 18.6. The molecule has 0 aliphatic carbocycles. The molecule has 0 aliphatic rings. The molecule has 0 aliphatic heterocycles. The van der Waals surface area contributed by atoms with Crippen molar-refractivity contribution < 1.29 is 18.8 Å². The Morgan fingerprint density at radius 3 is 2.48 bits per heavy atom. The number of hydrogen-bond acceptors (Lipinski definition) is 5. The SMILES string of the molecule is COC(=O)[C@H](Cc1ccc([N+](=O)[O-])cc1)NC(=S)c1ccccc1F. The highest BCUT2D eigenvalue weighted by Gasteiger charge is 2.22. The van der Waals surface area contributed by atoms with E-state index in [2.05, 4.69) is 5.32 Å². The summed E-state index contributed by atoms with van der Waals surface area (Å²) in [5.41, 5.74) is 0.799. The van der Waals surface area contributed by atoms with Crippen LogP contribution in [0.5, 0.6) is 0 Å². The smallest absolute Gasteiger partial charge is 0.328 e. The zero-order chi connectivity index (χ0) is 18.4. The van der Waals surface area contributed by atoms with Crippen LogP contribution in [0.4, 0.5) is 10.1 Å². The molecule has 25 heavy (non-hydrogen) atoms. The molecule has 2 aromatic carbocycles. The lowest BCUT2D eigenvalue weighted by Gasteiger charge is -2.18. The van der Waals surface area contributed by atoms with Crippen LogP contribution in [0.1, 0.15) is 11.1 Å². The van der Waals surface area contributed by atoms with Crippen molar-refractivity contribution in [2.45, 2.75) is 12.5 Å². The molecule has 0 radical (unpaired) electrons. The van der Waals surface area contributed by atoms with Crippen LogP contribution in [0.2, 0.25) is 0 Å². The van der Waals surface area contributed by atoms with E-state index in [9.17, 15) is 19.3 Å². The zero-order valence-electron chi connectivity index (χ0n) is 13.3. The highest BCUT2D eigenvalue weighted by atomic mass is 32.1. The van der Waals surface area contributed by atoms with Gasteiger partial charge in [-0.2, -0.15) is 0 Å². The van der Waals surface area contributed by atoms with E-state index in [1.165, 1.54) is 37.4 Å². The van der Waals surface area contributed by atoms with Gasteiger partial charge in [0.2, 0.25) is 0 Å². The van der Waals surface area contributed by atoms with Crippen LogP contribution in [0.3, 0.4) is 0 Å². The van der Waals surface area contributed by atoms with Gasteiger partial charge >= 0.3 is 5.97 Å². The molecular formula is C17H15FN2O4S. The van der Waals surface area contributed by atoms with Crippen molar-refractivity contribution in [3.63, 3.8) is 0 Å². The summed E-state index contributed by atoms with van der Waals surface area (Å²) in [6, 6.07) is 10.9. The van der Waals surface area contributed by atoms with E-state index in [1.807, 2.05) is 0 Å². The first-order chi connectivity index (χ1) is 11.9. The topological polar surface area (TPSA) is 81.5 Å². The summed E-state index contributed by atoms with van der Waals surface area (Å²) in [6.07, 6.45) is 0.180. The number of carbonyl (C=O) groups excluding carboxylic acids is 1. The summed E-state index contributed by atoms with van der Waals surface area (Å²) in [7, 11) is 1.24. The van der Waals surface area contributed by atoms with Gasteiger partial charge in [-0.05, 0) is 17.7 Å². The highest BCUT2D eigenvalue weighted by molar-refractivity contribution is 7.80. The second-order valence-electron chi connectivity index (χ2n) is 5.16. The molecule has 0 aromatic heterocycles. The number of rotatable bonds is 6. The number of benzene rings is 2. The van der Waals surface area contributed by atoms with Gasteiger partial charge in [-0.1, -0.05) is 36.5 Å². The number of thiocarbonyl (C=S) groups is 1. The van der Waals surface area contributed by atoms with Gasteiger partial charge in [0.15, 0.2) is 0 Å². The summed E-state index contributed by atoms with van der Waals surface area (Å²) in [5, 5.41) is 13.5. The van der Waals surface area contributed by atoms with E-state index in [1.54, 1.807) is 18.2 Å². The first-order valence-electron chi connectivity index (χ1n) is 7.29. The van der Waals surface area contributed by atoms with Gasteiger partial charge in [-0.3, -0.25) is 10.1 Å². The number of methoxy groups -OCH3 is 1. The number of nitrogens with zero attached hydrogens (tertiary/aromatic N) is 1. The normalized spacial score (nSPS) is 11.4. The van der Waals surface area contributed by atoms with Crippen molar-refractivity contribution in [3.05, 3.63) is 75.6 Å². The lowest BCUT2D eigenvalue weighted by Crippen LogP contribution is -2.42. The predicted molar refractivity (Wildman–Crippen MR) is 93.8 cm³/mol. The Hall–Kier alpha value is -2.87. The molecule has 0 amide bonds. The van der Waals surface area contributed by atoms with Crippen LogP contribution >= 0.6 is 12.2 Å². The Morgan fingerprint density at radius 1 is 1.28 bits per heavy atom. The molecule has 130 valence electrons. The fourth-order valence-corrected chi connectivity index (χ4v) is 2.51. The van der Waals surface area contributed by atoms with E-state index in [0.29, 0.717) is 5.56 Å². The van der Waals surface area contributed by atoms with Gasteiger partial charge in [-0.15, -0.1) is 0 Å². The number of non-ortho nitro benzene ring substituents is 1. The molecule has 8 heteroatoms. The van der Waals surface area contributed by atoms with Crippen molar-refractivity contribution in [2.75, 3.05) is 7.11 Å². The van der Waals surface area contributed by atoms with Crippen LogP contribution in [0.25, 0.3) is 0 Å². The fourth-order valence-electron chi connectivity index (χ4n) is 2.21. The van der Waals surface area contributed by atoms with Crippen molar-refractivity contribution in [1.29, 1.82) is 0 Å². The van der Waals surface area contributed by atoms with Gasteiger partial charge < -0.3 is 10.1 Å². The number of nitro benzene ring substituents is 1. The minimum Gasteiger partial charge on any atom is -0.467 e. The van der Waals surface area contributed by atoms with Crippen molar-refractivity contribution in [3.8, 4) is 0 Å². The van der Waals surface area contributed by atoms with E-state index in [0.717, 1.165) is 0 Å². The fraction of sp³-hybridized carbons (Fsp3) is 0.176. The molecule has 0 heterocycles. The van der Waals surface area contributed by atoms with Crippen molar-refractivity contribution in [1.82, 2.24) is 5.32 Å². The van der Waals surface area contributed by atoms with Gasteiger partial charge in [-0.25, -0.2) is 9.18 Å². The average Bonchev–Trinajstić information content (AvgIpc) is 2.61. The Bertz CT molecular complexity index is 795. The van der Waals surface area contributed by atoms with Crippen molar-refractivity contribution in [2.24, 2.45) is 0 Å². The number of carbonyl (C=O) groups is 1. The lowest BCUT2D eigenvalue weighted by molar-refractivity contribution is -0.384. The minimum atomic E-state index is -0.849. The molecule has 2 rings (SSSR count). The standard InChI is InChI=1S/C17H15FN2O4S/c1-24-17(21)15(10-11-6-8-12(9-7-11)20(22)23)19-16(25)13-4-2-3-5-14(13)18/h2-9,15H,10H2,1H3,(H,19,25)/t15-/m0/s1. The van der Waals surface area contributed by atoms with E-state index >= 15 is 0 Å². The zero-order valence-corrected chi connectivity index (χ0v) is 14.1. The first kappa shape index (κ1) is 18.5. The largest absolute Gasteiger partial charge is 0.467 e. The second-order valence-corrected chi connectivity index (χ2v) is 5.56. The third-order valence-electron chi connectivity index (χ3n) is 3.50. The highest BCUT2D eigenvalue weighted by Crippen LogP contribution is 2.14. The van der Waals surface area contributed by atoms with Crippen LogP contribution in [-0.4, -0.2) is 29.0 Å². The van der Waals surface area contributed by atoms with E-state index < -0.39 is 22.8 Å². The van der Waals surface area contributed by atoms with Gasteiger partial charge in [0.1, 0.15) is 16.8 Å². The van der Waals surface area contributed by atoms with E-state index in [4.69, 9.17) is 17.0 Å². The predicted octanol–water partition coefficient (Wildman–Crippen LogP) is 2.78. The maximum Gasteiger partial charge on any atom is 0.328 e. The summed E-state index contributed by atoms with van der Waals surface area (Å²) in [4.78, 5) is 22.3. The molecule has 6 nitrogen and oxygen atoms in total. The average molecular weight is 362 g/mol. The first-order valence-corrected chi connectivity index (χ1v) is 7.69. The number of ether oxygens (including phenoxy) is 1. The molecule has 0 fully saturated rings.